The van der Waals surface area contributed by atoms with Crippen molar-refractivity contribution >= 4 is 0 Å². The predicted molar refractivity (Wildman–Crippen MR) is 71.8 cm³/mol. The lowest BCUT2D eigenvalue weighted by Gasteiger charge is -2.34. The van der Waals surface area contributed by atoms with E-state index in [1.165, 1.54) is 5.56 Å². The standard InChI is InChI=1S/C14H22N2O2/c1-2-18-13-5-3-4-12(10-13)14(11-15)16-6-8-17-9-7-16/h3-5,10,14H,2,6-9,11,15H2,1H3. The molecule has 1 atom stereocenters. The van der Waals surface area contributed by atoms with Crippen molar-refractivity contribution in [1.82, 2.24) is 4.90 Å². The topological polar surface area (TPSA) is 47.7 Å². The second-order valence-electron chi connectivity index (χ2n) is 4.41. The summed E-state index contributed by atoms with van der Waals surface area (Å²) in [6, 6.07) is 8.49. The average molecular weight is 250 g/mol. The van der Waals surface area contributed by atoms with Crippen LogP contribution in [0.4, 0.5) is 0 Å². The molecule has 2 rings (SSSR count). The van der Waals surface area contributed by atoms with Gasteiger partial charge in [0.25, 0.3) is 0 Å². The van der Waals surface area contributed by atoms with Gasteiger partial charge >= 0.3 is 0 Å². The molecule has 2 N–H and O–H groups in total. The quantitative estimate of drug-likeness (QED) is 0.858. The highest BCUT2D eigenvalue weighted by atomic mass is 16.5. The van der Waals surface area contributed by atoms with Crippen LogP contribution >= 0.6 is 0 Å². The van der Waals surface area contributed by atoms with Crippen LogP contribution in [0.5, 0.6) is 5.75 Å². The number of nitrogens with two attached hydrogens (primary N) is 1. The predicted octanol–water partition coefficient (Wildman–Crippen LogP) is 1.42. The summed E-state index contributed by atoms with van der Waals surface area (Å²) in [5.74, 6) is 0.918. The van der Waals surface area contributed by atoms with Gasteiger partial charge in [-0.15, -0.1) is 0 Å². The summed E-state index contributed by atoms with van der Waals surface area (Å²) in [7, 11) is 0. The highest BCUT2D eigenvalue weighted by Gasteiger charge is 2.21. The van der Waals surface area contributed by atoms with Crippen LogP contribution in [0.1, 0.15) is 18.5 Å². The first-order chi connectivity index (χ1) is 8.85. The van der Waals surface area contributed by atoms with Gasteiger partial charge in [-0.3, -0.25) is 4.90 Å². The van der Waals surface area contributed by atoms with E-state index in [1.807, 2.05) is 19.1 Å². The second kappa shape index (κ2) is 6.73. The van der Waals surface area contributed by atoms with E-state index in [0.717, 1.165) is 32.1 Å². The number of benzene rings is 1. The SMILES string of the molecule is CCOc1cccc(C(CN)N2CCOCC2)c1. The summed E-state index contributed by atoms with van der Waals surface area (Å²) >= 11 is 0. The molecule has 0 amide bonds. The van der Waals surface area contributed by atoms with Crippen LogP contribution in [0.3, 0.4) is 0 Å². The summed E-state index contributed by atoms with van der Waals surface area (Å²) in [5.41, 5.74) is 7.16. The van der Waals surface area contributed by atoms with Gasteiger partial charge in [0.2, 0.25) is 0 Å². The summed E-state index contributed by atoms with van der Waals surface area (Å²) in [6.07, 6.45) is 0. The van der Waals surface area contributed by atoms with Crippen LogP contribution in [0, 0.1) is 0 Å². The van der Waals surface area contributed by atoms with Gasteiger partial charge in [-0.2, -0.15) is 0 Å². The van der Waals surface area contributed by atoms with Crippen LogP contribution in [0.15, 0.2) is 24.3 Å². The van der Waals surface area contributed by atoms with E-state index < -0.39 is 0 Å². The molecular formula is C14H22N2O2. The minimum Gasteiger partial charge on any atom is -0.494 e. The molecule has 0 spiro atoms. The van der Waals surface area contributed by atoms with E-state index in [9.17, 15) is 0 Å². The highest BCUT2D eigenvalue weighted by molar-refractivity contribution is 5.31. The molecule has 1 aromatic rings. The maximum absolute atomic E-state index is 5.94. The minimum absolute atomic E-state index is 0.259. The molecule has 1 saturated heterocycles. The maximum Gasteiger partial charge on any atom is 0.119 e. The van der Waals surface area contributed by atoms with Crippen molar-refractivity contribution in [2.75, 3.05) is 39.5 Å². The molecule has 1 heterocycles. The summed E-state index contributed by atoms with van der Waals surface area (Å²) in [6.45, 7) is 6.78. The van der Waals surface area contributed by atoms with Crippen molar-refractivity contribution in [3.05, 3.63) is 29.8 Å². The molecule has 0 bridgehead atoms. The molecular weight excluding hydrogens is 228 g/mol. The van der Waals surface area contributed by atoms with Gasteiger partial charge in [-0.25, -0.2) is 0 Å². The highest BCUT2D eigenvalue weighted by Crippen LogP contribution is 2.24. The Morgan fingerprint density at radius 3 is 2.83 bits per heavy atom. The van der Waals surface area contributed by atoms with E-state index in [2.05, 4.69) is 17.0 Å². The summed E-state index contributed by atoms with van der Waals surface area (Å²) < 4.78 is 10.9. The Morgan fingerprint density at radius 2 is 2.17 bits per heavy atom. The van der Waals surface area contributed by atoms with Gasteiger partial charge < -0.3 is 15.2 Å². The van der Waals surface area contributed by atoms with Gasteiger partial charge in [0.1, 0.15) is 5.75 Å². The molecule has 100 valence electrons. The molecule has 0 aromatic heterocycles. The van der Waals surface area contributed by atoms with Crippen molar-refractivity contribution in [2.45, 2.75) is 13.0 Å². The van der Waals surface area contributed by atoms with Crippen molar-refractivity contribution in [2.24, 2.45) is 5.73 Å². The number of morpholine rings is 1. The molecule has 1 fully saturated rings. The third kappa shape index (κ3) is 3.22. The van der Waals surface area contributed by atoms with E-state index in [0.29, 0.717) is 13.2 Å². The van der Waals surface area contributed by atoms with Crippen LogP contribution < -0.4 is 10.5 Å². The third-order valence-electron chi connectivity index (χ3n) is 3.26. The Hall–Kier alpha value is -1.10. The van der Waals surface area contributed by atoms with Crippen LogP contribution in [0.2, 0.25) is 0 Å². The Bertz CT molecular complexity index is 365. The van der Waals surface area contributed by atoms with Crippen molar-refractivity contribution in [1.29, 1.82) is 0 Å². The largest absolute Gasteiger partial charge is 0.494 e. The van der Waals surface area contributed by atoms with E-state index in [-0.39, 0.29) is 6.04 Å². The molecule has 4 heteroatoms. The zero-order chi connectivity index (χ0) is 12.8. The van der Waals surface area contributed by atoms with Gasteiger partial charge in [0.15, 0.2) is 0 Å². The molecule has 1 aliphatic rings. The smallest absolute Gasteiger partial charge is 0.119 e. The molecule has 1 unspecified atom stereocenters. The molecule has 0 radical (unpaired) electrons. The Kier molecular flexibility index (Phi) is 4.99. The lowest BCUT2D eigenvalue weighted by Crippen LogP contribution is -2.41. The van der Waals surface area contributed by atoms with Gasteiger partial charge in [-0.1, -0.05) is 12.1 Å². The first kappa shape index (κ1) is 13.3. The third-order valence-corrected chi connectivity index (χ3v) is 3.26. The summed E-state index contributed by atoms with van der Waals surface area (Å²) in [5, 5.41) is 0. The average Bonchev–Trinajstić information content (AvgIpc) is 2.42. The van der Waals surface area contributed by atoms with Crippen LogP contribution in [0.25, 0.3) is 0 Å². The van der Waals surface area contributed by atoms with Gasteiger partial charge in [-0.05, 0) is 24.6 Å². The minimum atomic E-state index is 0.259. The van der Waals surface area contributed by atoms with E-state index in [4.69, 9.17) is 15.2 Å². The summed E-state index contributed by atoms with van der Waals surface area (Å²) in [4.78, 5) is 2.38. The maximum atomic E-state index is 5.94. The fourth-order valence-corrected chi connectivity index (χ4v) is 2.36. The molecule has 1 aliphatic heterocycles. The Labute approximate surface area is 109 Å². The Morgan fingerprint density at radius 1 is 1.39 bits per heavy atom. The number of rotatable bonds is 5. The number of nitrogens with zero attached hydrogens (tertiary/aromatic N) is 1. The fourth-order valence-electron chi connectivity index (χ4n) is 2.36. The molecule has 0 aliphatic carbocycles. The Balaban J connectivity index is 2.12. The van der Waals surface area contributed by atoms with Gasteiger partial charge in [0.05, 0.1) is 19.8 Å². The zero-order valence-electron chi connectivity index (χ0n) is 11.0. The van der Waals surface area contributed by atoms with Crippen molar-refractivity contribution in [3.63, 3.8) is 0 Å². The van der Waals surface area contributed by atoms with Crippen LogP contribution in [-0.2, 0) is 4.74 Å². The number of ether oxygens (including phenoxy) is 2. The zero-order valence-corrected chi connectivity index (χ0v) is 11.0. The van der Waals surface area contributed by atoms with Crippen molar-refractivity contribution < 1.29 is 9.47 Å². The molecule has 4 nitrogen and oxygen atoms in total. The van der Waals surface area contributed by atoms with Crippen LogP contribution in [-0.4, -0.2) is 44.4 Å². The lowest BCUT2D eigenvalue weighted by molar-refractivity contribution is 0.0178. The monoisotopic (exact) mass is 250 g/mol. The molecule has 0 saturated carbocycles. The van der Waals surface area contributed by atoms with Gasteiger partial charge in [0, 0.05) is 25.7 Å². The van der Waals surface area contributed by atoms with E-state index >= 15 is 0 Å². The van der Waals surface area contributed by atoms with Crippen molar-refractivity contribution in [3.8, 4) is 5.75 Å². The lowest BCUT2D eigenvalue weighted by atomic mass is 10.0. The first-order valence-corrected chi connectivity index (χ1v) is 6.59. The second-order valence-corrected chi connectivity index (χ2v) is 4.41. The number of hydrogen-bond acceptors (Lipinski definition) is 4. The number of hydrogen-bond donors (Lipinski definition) is 1. The molecule has 1 aromatic carbocycles. The normalized spacial score (nSPS) is 18.6. The van der Waals surface area contributed by atoms with E-state index in [1.54, 1.807) is 0 Å². The first-order valence-electron chi connectivity index (χ1n) is 6.59. The molecule has 18 heavy (non-hydrogen) atoms. The fraction of sp³-hybridized carbons (Fsp3) is 0.571.